The van der Waals surface area contributed by atoms with E-state index in [0.29, 0.717) is 24.3 Å². The monoisotopic (exact) mass is 351 g/mol. The van der Waals surface area contributed by atoms with Gasteiger partial charge < -0.3 is 15.1 Å². The van der Waals surface area contributed by atoms with Gasteiger partial charge in [0.2, 0.25) is 5.91 Å². The van der Waals surface area contributed by atoms with Gasteiger partial charge in [-0.3, -0.25) is 9.59 Å². The number of rotatable bonds is 3. The highest BCUT2D eigenvalue weighted by Crippen LogP contribution is 2.24. The zero-order valence-corrected chi connectivity index (χ0v) is 15.6. The molecular weight excluding hydrogens is 326 g/mol. The standard InChI is InChI=1S/C21H25N3O2/c1-15-6-4-9-20(16(15)2)23-10-12-24(13-11-23)21(26)18-7-5-8-19(14-18)22-17(3)25/h4-9,14H,10-13H2,1-3H3,(H,22,25). The maximum atomic E-state index is 12.8. The Balaban J connectivity index is 1.67. The number of piperazine rings is 1. The molecule has 0 radical (unpaired) electrons. The van der Waals surface area contributed by atoms with Gasteiger partial charge in [0, 0.05) is 50.0 Å². The van der Waals surface area contributed by atoms with Crippen molar-refractivity contribution in [1.29, 1.82) is 0 Å². The van der Waals surface area contributed by atoms with Gasteiger partial charge in [-0.05, 0) is 49.2 Å². The Bertz CT molecular complexity index is 824. The number of benzene rings is 2. The van der Waals surface area contributed by atoms with Gasteiger partial charge >= 0.3 is 0 Å². The SMILES string of the molecule is CC(=O)Nc1cccc(C(=O)N2CCN(c3cccc(C)c3C)CC2)c1. The van der Waals surface area contributed by atoms with Gasteiger partial charge in [0.05, 0.1) is 0 Å². The zero-order valence-electron chi connectivity index (χ0n) is 15.6. The molecule has 0 aliphatic carbocycles. The summed E-state index contributed by atoms with van der Waals surface area (Å²) in [7, 11) is 0. The molecule has 1 N–H and O–H groups in total. The summed E-state index contributed by atoms with van der Waals surface area (Å²) in [6, 6.07) is 13.5. The molecule has 1 aliphatic heterocycles. The van der Waals surface area contributed by atoms with Crippen LogP contribution in [-0.2, 0) is 4.79 Å². The fourth-order valence-electron chi connectivity index (χ4n) is 3.34. The summed E-state index contributed by atoms with van der Waals surface area (Å²) in [5, 5.41) is 2.73. The molecule has 1 aliphatic rings. The number of anilines is 2. The van der Waals surface area contributed by atoms with Crippen molar-refractivity contribution in [2.24, 2.45) is 0 Å². The normalized spacial score (nSPS) is 14.3. The number of carbonyl (C=O) groups excluding carboxylic acids is 2. The molecule has 3 rings (SSSR count). The quantitative estimate of drug-likeness (QED) is 0.924. The summed E-state index contributed by atoms with van der Waals surface area (Å²) in [6.07, 6.45) is 0. The van der Waals surface area contributed by atoms with Crippen LogP contribution in [0.4, 0.5) is 11.4 Å². The first-order valence-electron chi connectivity index (χ1n) is 8.94. The second kappa shape index (κ2) is 7.60. The van der Waals surface area contributed by atoms with Crippen molar-refractivity contribution < 1.29 is 9.59 Å². The summed E-state index contributed by atoms with van der Waals surface area (Å²) < 4.78 is 0. The van der Waals surface area contributed by atoms with Gasteiger partial charge in [0.1, 0.15) is 0 Å². The molecular formula is C21H25N3O2. The highest BCUT2D eigenvalue weighted by Gasteiger charge is 2.23. The fourth-order valence-corrected chi connectivity index (χ4v) is 3.34. The fraction of sp³-hybridized carbons (Fsp3) is 0.333. The molecule has 26 heavy (non-hydrogen) atoms. The van der Waals surface area contributed by atoms with Gasteiger partial charge in [-0.25, -0.2) is 0 Å². The molecule has 2 aromatic rings. The highest BCUT2D eigenvalue weighted by molar-refractivity contribution is 5.97. The van der Waals surface area contributed by atoms with Crippen LogP contribution in [0, 0.1) is 13.8 Å². The van der Waals surface area contributed by atoms with Crippen LogP contribution >= 0.6 is 0 Å². The van der Waals surface area contributed by atoms with Gasteiger partial charge in [0.15, 0.2) is 0 Å². The minimum Gasteiger partial charge on any atom is -0.368 e. The molecule has 1 fully saturated rings. The summed E-state index contributed by atoms with van der Waals surface area (Å²) in [4.78, 5) is 28.2. The van der Waals surface area contributed by atoms with E-state index in [4.69, 9.17) is 0 Å². The van der Waals surface area contributed by atoms with Crippen LogP contribution < -0.4 is 10.2 Å². The minimum atomic E-state index is -0.142. The van der Waals surface area contributed by atoms with Crippen molar-refractivity contribution in [2.75, 3.05) is 36.4 Å². The lowest BCUT2D eigenvalue weighted by molar-refractivity contribution is -0.114. The molecule has 5 nitrogen and oxygen atoms in total. The molecule has 0 atom stereocenters. The van der Waals surface area contributed by atoms with E-state index in [2.05, 4.69) is 42.3 Å². The van der Waals surface area contributed by atoms with E-state index in [1.54, 1.807) is 24.3 Å². The maximum Gasteiger partial charge on any atom is 0.254 e. The number of aryl methyl sites for hydroxylation is 1. The lowest BCUT2D eigenvalue weighted by atomic mass is 10.1. The molecule has 0 bridgehead atoms. The lowest BCUT2D eigenvalue weighted by Gasteiger charge is -2.37. The van der Waals surface area contributed by atoms with Crippen LogP contribution in [0.2, 0.25) is 0 Å². The van der Waals surface area contributed by atoms with Gasteiger partial charge in [0.25, 0.3) is 5.91 Å². The lowest BCUT2D eigenvalue weighted by Crippen LogP contribution is -2.49. The van der Waals surface area contributed by atoms with E-state index in [0.717, 1.165) is 13.1 Å². The Hall–Kier alpha value is -2.82. The van der Waals surface area contributed by atoms with Crippen molar-refractivity contribution in [3.8, 4) is 0 Å². The largest absolute Gasteiger partial charge is 0.368 e. The van der Waals surface area contributed by atoms with Gasteiger partial charge in [-0.1, -0.05) is 18.2 Å². The van der Waals surface area contributed by atoms with Crippen molar-refractivity contribution in [2.45, 2.75) is 20.8 Å². The van der Waals surface area contributed by atoms with Crippen LogP contribution in [0.1, 0.15) is 28.4 Å². The zero-order chi connectivity index (χ0) is 18.7. The Kier molecular flexibility index (Phi) is 5.26. The second-order valence-electron chi connectivity index (χ2n) is 6.76. The van der Waals surface area contributed by atoms with Gasteiger partial charge in [-0.15, -0.1) is 0 Å². The summed E-state index contributed by atoms with van der Waals surface area (Å²) >= 11 is 0. The Morgan fingerprint density at radius 1 is 0.962 bits per heavy atom. The number of amides is 2. The smallest absolute Gasteiger partial charge is 0.254 e. The summed E-state index contributed by atoms with van der Waals surface area (Å²) in [5.74, 6) is -0.130. The van der Waals surface area contributed by atoms with E-state index < -0.39 is 0 Å². The molecule has 0 aromatic heterocycles. The highest BCUT2D eigenvalue weighted by atomic mass is 16.2. The Labute approximate surface area is 154 Å². The molecule has 1 saturated heterocycles. The summed E-state index contributed by atoms with van der Waals surface area (Å²) in [5.41, 5.74) is 5.10. The summed E-state index contributed by atoms with van der Waals surface area (Å²) in [6.45, 7) is 8.76. The number of nitrogens with one attached hydrogen (secondary N) is 1. The number of carbonyl (C=O) groups is 2. The van der Waals surface area contributed by atoms with E-state index >= 15 is 0 Å². The molecule has 2 amide bonds. The topological polar surface area (TPSA) is 52.7 Å². The predicted molar refractivity (Wildman–Crippen MR) is 105 cm³/mol. The van der Waals surface area contributed by atoms with E-state index in [-0.39, 0.29) is 11.8 Å². The van der Waals surface area contributed by atoms with Crippen molar-refractivity contribution in [1.82, 2.24) is 4.90 Å². The predicted octanol–water partition coefficient (Wildman–Crippen LogP) is 3.22. The number of nitrogens with zero attached hydrogens (tertiary/aromatic N) is 2. The van der Waals surface area contributed by atoms with Crippen LogP contribution in [0.25, 0.3) is 0 Å². The maximum absolute atomic E-state index is 12.8. The average molecular weight is 351 g/mol. The Morgan fingerprint density at radius 2 is 1.65 bits per heavy atom. The van der Waals surface area contributed by atoms with E-state index in [1.165, 1.54) is 23.7 Å². The van der Waals surface area contributed by atoms with Crippen molar-refractivity contribution in [3.05, 3.63) is 59.2 Å². The molecule has 2 aromatic carbocycles. The first-order chi connectivity index (χ1) is 12.5. The molecule has 0 saturated carbocycles. The third-order valence-electron chi connectivity index (χ3n) is 4.91. The van der Waals surface area contributed by atoms with Crippen LogP contribution in [0.5, 0.6) is 0 Å². The van der Waals surface area contributed by atoms with Crippen LogP contribution in [0.15, 0.2) is 42.5 Å². The third kappa shape index (κ3) is 3.87. The van der Waals surface area contributed by atoms with Crippen molar-refractivity contribution in [3.63, 3.8) is 0 Å². The number of hydrogen-bond donors (Lipinski definition) is 1. The van der Waals surface area contributed by atoms with Crippen LogP contribution in [0.3, 0.4) is 0 Å². The van der Waals surface area contributed by atoms with E-state index in [1.807, 2.05) is 4.90 Å². The molecule has 136 valence electrons. The molecule has 0 unspecified atom stereocenters. The van der Waals surface area contributed by atoms with E-state index in [9.17, 15) is 9.59 Å². The minimum absolute atomic E-state index is 0.0119. The molecule has 0 spiro atoms. The van der Waals surface area contributed by atoms with Gasteiger partial charge in [-0.2, -0.15) is 0 Å². The first-order valence-corrected chi connectivity index (χ1v) is 8.94. The first kappa shape index (κ1) is 18.0. The molecule has 1 heterocycles. The van der Waals surface area contributed by atoms with Crippen LogP contribution in [-0.4, -0.2) is 42.9 Å². The molecule has 5 heteroatoms. The van der Waals surface area contributed by atoms with Crippen molar-refractivity contribution >= 4 is 23.2 Å². The third-order valence-corrected chi connectivity index (χ3v) is 4.91. The number of hydrogen-bond acceptors (Lipinski definition) is 3. The Morgan fingerprint density at radius 3 is 2.35 bits per heavy atom. The second-order valence-corrected chi connectivity index (χ2v) is 6.76. The average Bonchev–Trinajstić information content (AvgIpc) is 2.63.